The monoisotopic (exact) mass is 2020 g/mol. The van der Waals surface area contributed by atoms with E-state index < -0.39 is 0 Å². The summed E-state index contributed by atoms with van der Waals surface area (Å²) < 4.78 is 19.9. The molecule has 4 aliphatic rings. The highest BCUT2D eigenvalue weighted by atomic mass is 35.5. The van der Waals surface area contributed by atoms with E-state index in [1.54, 1.807) is 106 Å². The van der Waals surface area contributed by atoms with Crippen molar-refractivity contribution < 1.29 is 57.3 Å². The van der Waals surface area contributed by atoms with Crippen molar-refractivity contribution in [1.82, 2.24) is 0 Å². The van der Waals surface area contributed by atoms with Crippen molar-refractivity contribution in [3.63, 3.8) is 0 Å². The van der Waals surface area contributed by atoms with Crippen molar-refractivity contribution in [2.45, 2.75) is 189 Å². The van der Waals surface area contributed by atoms with Crippen LogP contribution in [-0.2, 0) is 83.0 Å². The van der Waals surface area contributed by atoms with Gasteiger partial charge in [-0.3, -0.25) is 58.0 Å². The molecule has 12 rings (SSSR count). The summed E-state index contributed by atoms with van der Waals surface area (Å²) in [6.07, 6.45) is 18.3. The zero-order valence-electron chi connectivity index (χ0n) is 70.7. The third kappa shape index (κ3) is 32.5. The van der Waals surface area contributed by atoms with Gasteiger partial charge in [-0.2, -0.15) is 0 Å². The van der Waals surface area contributed by atoms with Crippen LogP contribution in [0.1, 0.15) is 165 Å². The lowest BCUT2D eigenvalue weighted by Crippen LogP contribution is -2.28. The molecule has 1 unspecified atom stereocenters. The Morgan fingerprint density at radius 1 is 0.294 bits per heavy atom. The Bertz CT molecular complexity index is 4530. The van der Waals surface area contributed by atoms with Crippen molar-refractivity contribution in [3.05, 3.63) is 232 Å². The number of benzene rings is 8. The van der Waals surface area contributed by atoms with Gasteiger partial charge in [-0.15, -0.1) is 0 Å². The molecule has 16 nitrogen and oxygen atoms in total. The van der Waals surface area contributed by atoms with Crippen LogP contribution in [0.4, 0.5) is 45.5 Å². The highest BCUT2D eigenvalue weighted by Gasteiger charge is 2.32. The predicted octanol–water partition coefficient (Wildman–Crippen LogP) is 29.1. The van der Waals surface area contributed by atoms with E-state index >= 15 is 0 Å². The molecule has 0 aromatic heterocycles. The molecule has 4 atom stereocenters. The molecular weight excluding hydrogens is 1920 g/mol. The summed E-state index contributed by atoms with van der Waals surface area (Å²) in [7, 11) is 18.3. The Morgan fingerprint density at radius 2 is 0.500 bits per heavy atom. The zero-order valence-corrected chi connectivity index (χ0v) is 83.2. The smallest absolute Gasteiger partial charge is 0.310 e. The van der Waals surface area contributed by atoms with Crippen LogP contribution in [0.15, 0.2) is 170 Å². The molecule has 4 amide bonds. The van der Waals surface area contributed by atoms with Crippen LogP contribution >= 0.6 is 179 Å². The Balaban J connectivity index is 0.000000190. The lowest BCUT2D eigenvalue weighted by molar-refractivity contribution is -0.143. The number of halogens is 8. The van der Waals surface area contributed by atoms with E-state index in [0.717, 1.165) is 77.0 Å². The Kier molecular flexibility index (Phi) is 46.8. The summed E-state index contributed by atoms with van der Waals surface area (Å²) in [5, 5.41) is 5.83. The summed E-state index contributed by atoms with van der Waals surface area (Å²) in [5.41, 5.74) is 6.89. The van der Waals surface area contributed by atoms with E-state index in [9.17, 15) is 38.4 Å². The number of carbonyl (C=O) groups is 8. The van der Waals surface area contributed by atoms with Gasteiger partial charge in [0.2, 0.25) is 23.6 Å². The van der Waals surface area contributed by atoms with Crippen LogP contribution in [0.25, 0.3) is 0 Å². The average Bonchev–Trinajstić information content (AvgIpc) is 0.938. The highest BCUT2D eigenvalue weighted by molar-refractivity contribution is 8.78. The van der Waals surface area contributed by atoms with Crippen LogP contribution in [0.3, 0.4) is 0 Å². The molecule has 0 radical (unpaired) electrons. The Labute approximate surface area is 812 Å². The van der Waals surface area contributed by atoms with Gasteiger partial charge in [-0.1, -0.05) is 302 Å². The minimum Gasteiger partial charge on any atom is -0.469 e. The van der Waals surface area contributed by atoms with Crippen LogP contribution < -0.4 is 19.6 Å². The minimum atomic E-state index is -0.378. The maximum Gasteiger partial charge on any atom is 0.310 e. The fraction of sp³-hybridized carbons (Fsp3) is 0.404. The standard InChI is InChI=1S/2C24H27Cl2NO3S2.2C23H25Cl2NO3S2/c2*1-2-30-23(29)16-17-8-3-5-12-21(17)27(24-19(25)10-7-11-20(24)26)22(28)13-6-4-9-18-14-15-31-32-18;2*1-29-22(28)15-16-7-2-4-11-20(16)26(23-18(24)9-6-10-19(23)25)21(27)12-5-3-8-17-13-14-30-31-17/h2*3,5,7-8,10-12,18H,2,4,6,9,13-16H2,1H3;2*2,4,6-7,9-11,17H,3,5,8,12-15H2,1H3/t18-;;2*17-/m0.10/s1. The van der Waals surface area contributed by atoms with E-state index in [-0.39, 0.29) is 73.2 Å². The van der Waals surface area contributed by atoms with Crippen molar-refractivity contribution in [3.8, 4) is 0 Å². The number of nitrogens with zero attached hydrogens (tertiary/aromatic N) is 4. The second-order valence-corrected chi connectivity index (χ2v) is 43.9. The summed E-state index contributed by atoms with van der Waals surface area (Å²) in [5.74, 6) is 3.03. The number of carbonyl (C=O) groups excluding carboxylic acids is 8. The molecule has 4 saturated heterocycles. The molecule has 126 heavy (non-hydrogen) atoms. The van der Waals surface area contributed by atoms with Crippen molar-refractivity contribution >= 4 is 272 Å². The first-order valence-corrected chi connectivity index (χ1v) is 54.6. The largest absolute Gasteiger partial charge is 0.469 e. The Morgan fingerprint density at radius 3 is 0.690 bits per heavy atom. The van der Waals surface area contributed by atoms with Gasteiger partial charge < -0.3 is 18.9 Å². The average molecular weight is 2020 g/mol. The number of methoxy groups -OCH3 is 2. The number of unbranched alkanes of at least 4 members (excludes halogenated alkanes) is 4. The molecule has 4 fully saturated rings. The van der Waals surface area contributed by atoms with Gasteiger partial charge in [-0.25, -0.2) is 0 Å². The maximum absolute atomic E-state index is 13.5. The van der Waals surface area contributed by atoms with Crippen molar-refractivity contribution in [2.24, 2.45) is 0 Å². The first-order chi connectivity index (χ1) is 61.0. The fourth-order valence-electron chi connectivity index (χ4n) is 14.3. The number of ether oxygens (including phenoxy) is 4. The van der Waals surface area contributed by atoms with Crippen LogP contribution in [0.2, 0.25) is 40.2 Å². The Hall–Kier alpha value is -5.36. The third-order valence-corrected chi connectivity index (χ3v) is 35.0. The molecule has 8 aromatic carbocycles. The highest BCUT2D eigenvalue weighted by Crippen LogP contribution is 2.48. The number of rotatable bonds is 38. The predicted molar refractivity (Wildman–Crippen MR) is 540 cm³/mol. The number of hydrogen-bond acceptors (Lipinski definition) is 20. The molecule has 0 N–H and O–H groups in total. The van der Waals surface area contributed by atoms with Gasteiger partial charge in [0, 0.05) is 69.7 Å². The lowest BCUT2D eigenvalue weighted by Gasteiger charge is -2.27. The molecular formula is C94H104Cl8N4O12S8. The second-order valence-electron chi connectivity index (χ2n) is 29.5. The van der Waals surface area contributed by atoms with Gasteiger partial charge in [0.25, 0.3) is 0 Å². The van der Waals surface area contributed by atoms with Gasteiger partial charge in [0.1, 0.15) is 0 Å². The molecule has 0 aliphatic carbocycles. The van der Waals surface area contributed by atoms with Gasteiger partial charge in [0.15, 0.2) is 0 Å². The molecule has 0 saturated carbocycles. The molecule has 4 aliphatic heterocycles. The van der Waals surface area contributed by atoms with Crippen LogP contribution in [-0.4, -0.2) is 119 Å². The minimum absolute atomic E-state index is 0.0507. The lowest BCUT2D eigenvalue weighted by atomic mass is 10.1. The number of esters is 4. The fourth-order valence-corrected chi connectivity index (χ4v) is 28.7. The molecule has 0 spiro atoms. The molecule has 676 valence electrons. The van der Waals surface area contributed by atoms with Crippen molar-refractivity contribution in [1.29, 1.82) is 0 Å². The first-order valence-electron chi connectivity index (χ1n) is 42.0. The van der Waals surface area contributed by atoms with Gasteiger partial charge >= 0.3 is 23.9 Å². The van der Waals surface area contributed by atoms with Crippen molar-refractivity contribution in [2.75, 3.05) is 70.0 Å². The summed E-state index contributed by atoms with van der Waals surface area (Å²) >= 11 is 51.9. The van der Waals surface area contributed by atoms with E-state index in [0.29, 0.717) is 168 Å². The van der Waals surface area contributed by atoms with Crippen LogP contribution in [0.5, 0.6) is 0 Å². The zero-order chi connectivity index (χ0) is 90.3. The number of para-hydroxylation sites is 8. The third-order valence-electron chi connectivity index (χ3n) is 20.6. The normalized spacial score (nSPS) is 15.6. The summed E-state index contributed by atoms with van der Waals surface area (Å²) in [6, 6.07) is 49.9. The molecule has 8 aromatic rings. The SMILES string of the molecule is CCOC(=O)Cc1ccccc1N(C(=O)CCCCC1CCSS1)c1c(Cl)cccc1Cl.CCOC(=O)Cc1ccccc1N(C(=O)CCCC[C@H]1CCSS1)c1c(Cl)cccc1Cl.COC(=O)Cc1ccccc1N(C(=O)CCCC[C@@H]1CCSS1)c1c(Cl)cccc1Cl.COC(=O)Cc1ccccc1N(C(=O)CCCC[C@H]1CCSS1)c1c(Cl)cccc1Cl. The number of anilines is 8. The maximum atomic E-state index is 13.5. The summed E-state index contributed by atoms with van der Waals surface area (Å²) in [4.78, 5) is 108. The van der Waals surface area contributed by atoms with E-state index in [2.05, 4.69) is 0 Å². The number of hydrogen-bond donors (Lipinski definition) is 0. The van der Waals surface area contributed by atoms with Gasteiger partial charge in [-0.05, 0) is 186 Å². The topological polar surface area (TPSA) is 186 Å². The second kappa shape index (κ2) is 56.5. The van der Waals surface area contributed by atoms with Crippen LogP contribution in [0, 0.1) is 0 Å². The molecule has 32 heteroatoms. The van der Waals surface area contributed by atoms with Gasteiger partial charge in [0.05, 0.1) is 139 Å². The van der Waals surface area contributed by atoms with E-state index in [4.69, 9.17) is 112 Å². The quantitative estimate of drug-likeness (QED) is 0.0154. The van der Waals surface area contributed by atoms with E-state index in [1.165, 1.54) is 62.9 Å². The molecule has 4 heterocycles. The number of amides is 4. The summed E-state index contributed by atoms with van der Waals surface area (Å²) in [6.45, 7) is 4.15. The first kappa shape index (κ1) is 104. The molecule has 0 bridgehead atoms. The van der Waals surface area contributed by atoms with E-state index in [1.807, 2.05) is 183 Å².